The summed E-state index contributed by atoms with van der Waals surface area (Å²) in [4.78, 5) is 4.21. The third-order valence-electron chi connectivity index (χ3n) is 3.57. The highest BCUT2D eigenvalue weighted by molar-refractivity contribution is 6.31. The lowest BCUT2D eigenvalue weighted by atomic mass is 10.1. The van der Waals surface area contributed by atoms with Crippen LogP contribution in [-0.4, -0.2) is 16.2 Å². The summed E-state index contributed by atoms with van der Waals surface area (Å²) >= 11 is 6.08. The second kappa shape index (κ2) is 5.70. The molecule has 22 heavy (non-hydrogen) atoms. The molecular weight excluding hydrogens is 298 g/mol. The van der Waals surface area contributed by atoms with E-state index < -0.39 is 0 Å². The SMILES string of the molecule is CCOc1cncc(-c2c(C#N)c3ccc(Cl)cc3n2C)c1. The molecule has 0 spiro atoms. The van der Waals surface area contributed by atoms with Crippen molar-refractivity contribution in [3.8, 4) is 23.1 Å². The Labute approximate surface area is 133 Å². The average molecular weight is 312 g/mol. The van der Waals surface area contributed by atoms with E-state index >= 15 is 0 Å². The van der Waals surface area contributed by atoms with Gasteiger partial charge in [0.05, 0.1) is 29.6 Å². The molecule has 0 amide bonds. The number of nitriles is 1. The highest BCUT2D eigenvalue weighted by atomic mass is 35.5. The Bertz CT molecular complexity index is 893. The highest BCUT2D eigenvalue weighted by Gasteiger charge is 2.17. The predicted molar refractivity (Wildman–Crippen MR) is 87.0 cm³/mol. The highest BCUT2D eigenvalue weighted by Crippen LogP contribution is 2.34. The lowest BCUT2D eigenvalue weighted by Gasteiger charge is -2.07. The number of rotatable bonds is 3. The Balaban J connectivity index is 2.29. The van der Waals surface area contributed by atoms with Gasteiger partial charge in [-0.3, -0.25) is 4.98 Å². The van der Waals surface area contributed by atoms with E-state index in [1.807, 2.05) is 36.7 Å². The van der Waals surface area contributed by atoms with E-state index in [4.69, 9.17) is 16.3 Å². The largest absolute Gasteiger partial charge is 0.492 e. The van der Waals surface area contributed by atoms with Gasteiger partial charge in [0, 0.05) is 29.2 Å². The minimum Gasteiger partial charge on any atom is -0.492 e. The van der Waals surface area contributed by atoms with Crippen LogP contribution in [0, 0.1) is 11.3 Å². The van der Waals surface area contributed by atoms with Crippen molar-refractivity contribution in [2.75, 3.05) is 6.61 Å². The van der Waals surface area contributed by atoms with Crippen molar-refractivity contribution in [1.82, 2.24) is 9.55 Å². The van der Waals surface area contributed by atoms with Crippen LogP contribution in [0.15, 0.2) is 36.7 Å². The smallest absolute Gasteiger partial charge is 0.138 e. The Morgan fingerprint density at radius 3 is 2.86 bits per heavy atom. The number of hydrogen-bond donors (Lipinski definition) is 0. The van der Waals surface area contributed by atoms with Crippen LogP contribution in [0.1, 0.15) is 12.5 Å². The Morgan fingerprint density at radius 2 is 2.14 bits per heavy atom. The van der Waals surface area contributed by atoms with Crippen LogP contribution in [0.25, 0.3) is 22.2 Å². The summed E-state index contributed by atoms with van der Waals surface area (Å²) in [5, 5.41) is 11.1. The van der Waals surface area contributed by atoms with Crippen molar-refractivity contribution in [2.24, 2.45) is 7.05 Å². The molecule has 2 heterocycles. The summed E-state index contributed by atoms with van der Waals surface area (Å²) in [5.41, 5.74) is 3.19. The molecule has 0 aliphatic rings. The summed E-state index contributed by atoms with van der Waals surface area (Å²) in [6.07, 6.45) is 3.40. The van der Waals surface area contributed by atoms with Crippen LogP contribution in [0.5, 0.6) is 5.75 Å². The van der Waals surface area contributed by atoms with E-state index in [1.54, 1.807) is 18.5 Å². The fraction of sp³-hybridized carbons (Fsp3) is 0.176. The summed E-state index contributed by atoms with van der Waals surface area (Å²) < 4.78 is 7.46. The number of nitrogens with zero attached hydrogens (tertiary/aromatic N) is 3. The topological polar surface area (TPSA) is 50.8 Å². The third kappa shape index (κ3) is 2.30. The molecule has 3 aromatic rings. The number of pyridine rings is 1. The maximum atomic E-state index is 9.59. The fourth-order valence-corrected chi connectivity index (χ4v) is 2.82. The van der Waals surface area contributed by atoms with Gasteiger partial charge in [0.2, 0.25) is 0 Å². The monoisotopic (exact) mass is 311 g/mol. The van der Waals surface area contributed by atoms with Gasteiger partial charge in [-0.1, -0.05) is 11.6 Å². The predicted octanol–water partition coefficient (Wildman–Crippen LogP) is 4.16. The van der Waals surface area contributed by atoms with E-state index in [0.29, 0.717) is 22.9 Å². The van der Waals surface area contributed by atoms with Crippen LogP contribution < -0.4 is 4.74 Å². The normalized spacial score (nSPS) is 10.6. The molecule has 5 heteroatoms. The van der Waals surface area contributed by atoms with E-state index in [9.17, 15) is 5.26 Å². The lowest BCUT2D eigenvalue weighted by Crippen LogP contribution is -1.96. The number of halogens is 1. The zero-order valence-electron chi connectivity index (χ0n) is 12.3. The molecule has 3 rings (SSSR count). The van der Waals surface area contributed by atoms with E-state index in [2.05, 4.69) is 11.1 Å². The van der Waals surface area contributed by atoms with Gasteiger partial charge in [-0.15, -0.1) is 0 Å². The summed E-state index contributed by atoms with van der Waals surface area (Å²) in [6.45, 7) is 2.49. The minimum atomic E-state index is 0.570. The first kappa shape index (κ1) is 14.4. The molecule has 0 saturated carbocycles. The Hall–Kier alpha value is -2.51. The van der Waals surface area contributed by atoms with Crippen molar-refractivity contribution in [1.29, 1.82) is 5.26 Å². The van der Waals surface area contributed by atoms with Crippen molar-refractivity contribution in [3.05, 3.63) is 47.2 Å². The van der Waals surface area contributed by atoms with Gasteiger partial charge in [0.25, 0.3) is 0 Å². The molecule has 0 atom stereocenters. The average Bonchev–Trinajstić information content (AvgIpc) is 2.80. The standard InChI is InChI=1S/C17H14ClN3O/c1-3-22-13-6-11(9-20-10-13)17-15(8-19)14-5-4-12(18)7-16(14)21(17)2/h4-7,9-10H,3H2,1-2H3. The van der Waals surface area contributed by atoms with E-state index in [-0.39, 0.29) is 0 Å². The van der Waals surface area contributed by atoms with Gasteiger partial charge in [-0.2, -0.15) is 5.26 Å². The first-order chi connectivity index (χ1) is 10.7. The Morgan fingerprint density at radius 1 is 1.32 bits per heavy atom. The quantitative estimate of drug-likeness (QED) is 0.729. The molecule has 0 radical (unpaired) electrons. The number of ether oxygens (including phenoxy) is 1. The fourth-order valence-electron chi connectivity index (χ4n) is 2.65. The minimum absolute atomic E-state index is 0.570. The molecular formula is C17H14ClN3O. The first-order valence-corrected chi connectivity index (χ1v) is 7.29. The van der Waals surface area contributed by atoms with E-state index in [1.165, 1.54) is 0 Å². The van der Waals surface area contributed by atoms with Crippen LogP contribution in [0.3, 0.4) is 0 Å². The molecule has 0 unspecified atom stereocenters. The first-order valence-electron chi connectivity index (χ1n) is 6.92. The third-order valence-corrected chi connectivity index (χ3v) is 3.81. The number of aromatic nitrogens is 2. The maximum Gasteiger partial charge on any atom is 0.138 e. The molecule has 2 aromatic heterocycles. The zero-order chi connectivity index (χ0) is 15.7. The van der Waals surface area contributed by atoms with Gasteiger partial charge in [-0.25, -0.2) is 0 Å². The molecule has 110 valence electrons. The number of hydrogen-bond acceptors (Lipinski definition) is 3. The van der Waals surface area contributed by atoms with Gasteiger partial charge in [0.15, 0.2) is 0 Å². The van der Waals surface area contributed by atoms with Gasteiger partial charge < -0.3 is 9.30 Å². The van der Waals surface area contributed by atoms with Crippen LogP contribution >= 0.6 is 11.6 Å². The number of aryl methyl sites for hydroxylation is 1. The van der Waals surface area contributed by atoms with Gasteiger partial charge in [0.1, 0.15) is 11.8 Å². The molecule has 4 nitrogen and oxygen atoms in total. The van der Waals surface area contributed by atoms with Crippen LogP contribution in [-0.2, 0) is 7.05 Å². The number of benzene rings is 1. The zero-order valence-corrected chi connectivity index (χ0v) is 13.1. The summed E-state index contributed by atoms with van der Waals surface area (Å²) in [6, 6.07) is 9.72. The second-order valence-electron chi connectivity index (χ2n) is 4.90. The van der Waals surface area contributed by atoms with E-state index in [0.717, 1.165) is 22.2 Å². The van der Waals surface area contributed by atoms with Crippen molar-refractivity contribution < 1.29 is 4.74 Å². The second-order valence-corrected chi connectivity index (χ2v) is 5.33. The van der Waals surface area contributed by atoms with Crippen LogP contribution in [0.4, 0.5) is 0 Å². The summed E-state index contributed by atoms with van der Waals surface area (Å²) in [5.74, 6) is 0.687. The molecule has 0 fully saturated rings. The van der Waals surface area contributed by atoms with Gasteiger partial charge >= 0.3 is 0 Å². The molecule has 0 aliphatic carbocycles. The van der Waals surface area contributed by atoms with Crippen molar-refractivity contribution in [2.45, 2.75) is 6.92 Å². The van der Waals surface area contributed by atoms with Gasteiger partial charge in [-0.05, 0) is 31.2 Å². The molecule has 0 N–H and O–H groups in total. The molecule has 0 saturated heterocycles. The van der Waals surface area contributed by atoms with Crippen molar-refractivity contribution >= 4 is 22.5 Å². The van der Waals surface area contributed by atoms with Crippen LogP contribution in [0.2, 0.25) is 5.02 Å². The molecule has 0 aliphatic heterocycles. The summed E-state index contributed by atoms with van der Waals surface area (Å²) in [7, 11) is 1.92. The molecule has 0 bridgehead atoms. The van der Waals surface area contributed by atoms with Crippen molar-refractivity contribution in [3.63, 3.8) is 0 Å². The molecule has 1 aromatic carbocycles. The lowest BCUT2D eigenvalue weighted by molar-refractivity contribution is 0.339. The number of fused-ring (bicyclic) bond motifs is 1. The maximum absolute atomic E-state index is 9.59. The Kier molecular flexibility index (Phi) is 3.74.